The first-order valence-corrected chi connectivity index (χ1v) is 22.6. The van der Waals surface area contributed by atoms with Crippen molar-refractivity contribution in [2.45, 2.75) is 130 Å². The van der Waals surface area contributed by atoms with Gasteiger partial charge in [-0.2, -0.15) is 0 Å². The van der Waals surface area contributed by atoms with Gasteiger partial charge < -0.3 is 0 Å². The van der Waals surface area contributed by atoms with E-state index in [0.717, 1.165) is 44.7 Å². The maximum Gasteiger partial charge on any atom is 0.146 e. The smallest absolute Gasteiger partial charge is 0.146 e. The summed E-state index contributed by atoms with van der Waals surface area (Å²) in [6, 6.07) is 21.6. The Labute approximate surface area is 294 Å². The van der Waals surface area contributed by atoms with Crippen LogP contribution in [0.4, 0.5) is 0 Å². The van der Waals surface area contributed by atoms with Crippen LogP contribution in [-0.2, 0) is 0 Å². The Hall–Kier alpha value is -3.45. The Bertz CT molecular complexity index is 1670. The molecular weight excluding hydrogens is 613 g/mol. The molecule has 252 valence electrons. The fraction of sp³-hybridized carbons (Fsp3) is 0.455. The van der Waals surface area contributed by atoms with Gasteiger partial charge in [-0.3, -0.25) is 0 Å². The van der Waals surface area contributed by atoms with Gasteiger partial charge in [-0.15, -0.1) is 11.1 Å². The van der Waals surface area contributed by atoms with Gasteiger partial charge in [0.15, 0.2) is 0 Å². The Morgan fingerprint density at radius 2 is 0.688 bits per heavy atom. The predicted molar refractivity (Wildman–Crippen MR) is 216 cm³/mol. The molecule has 48 heavy (non-hydrogen) atoms. The average molecular weight is 671 g/mol. The van der Waals surface area contributed by atoms with E-state index in [0.29, 0.717) is 33.2 Å². The van der Waals surface area contributed by atoms with Gasteiger partial charge in [0.05, 0.1) is 22.5 Å². The van der Waals surface area contributed by atoms with E-state index >= 15 is 0 Å². The van der Waals surface area contributed by atoms with E-state index < -0.39 is 16.1 Å². The topological polar surface area (TPSA) is 25.8 Å². The summed E-state index contributed by atoms with van der Waals surface area (Å²) in [6.45, 7) is 32.7. The van der Waals surface area contributed by atoms with Crippen molar-refractivity contribution in [3.05, 3.63) is 82.9 Å². The highest BCUT2D eigenvalue weighted by Gasteiger charge is 2.42. The summed E-state index contributed by atoms with van der Waals surface area (Å²) in [7, 11) is -3.95. The van der Waals surface area contributed by atoms with E-state index in [1.165, 1.54) is 11.1 Å². The van der Waals surface area contributed by atoms with Crippen molar-refractivity contribution in [1.29, 1.82) is 0 Å². The SMILES string of the molecule is Cc1ccc(-c2nc3c(C#C[Si](C(C)C)(C(C)C)C(C)C)ccc(C#C[Si](C(C)C)(C(C)C)C(C)C)c3nc2-c2ccc(C)cc2)cc1. The number of fused-ring (bicyclic) bond motifs is 1. The second-order valence-corrected chi connectivity index (χ2v) is 27.0. The number of rotatable bonds is 8. The highest BCUT2D eigenvalue weighted by Crippen LogP contribution is 2.42. The molecule has 2 nitrogen and oxygen atoms in total. The number of benzene rings is 3. The van der Waals surface area contributed by atoms with Gasteiger partial charge in [-0.1, -0.05) is 155 Å². The lowest BCUT2D eigenvalue weighted by Crippen LogP contribution is -2.43. The summed E-state index contributed by atoms with van der Waals surface area (Å²) in [6.07, 6.45) is 0. The van der Waals surface area contributed by atoms with Crippen LogP contribution >= 0.6 is 0 Å². The Kier molecular flexibility index (Phi) is 11.7. The highest BCUT2D eigenvalue weighted by atomic mass is 28.3. The molecule has 0 saturated heterocycles. The maximum atomic E-state index is 5.51. The maximum absolute atomic E-state index is 5.51. The molecule has 1 aromatic heterocycles. The predicted octanol–water partition coefficient (Wildman–Crippen LogP) is 12.7. The van der Waals surface area contributed by atoms with Gasteiger partial charge in [0.2, 0.25) is 0 Å². The minimum Gasteiger partial charge on any atom is -0.242 e. The fourth-order valence-corrected chi connectivity index (χ4v) is 18.8. The summed E-state index contributed by atoms with van der Waals surface area (Å²) >= 11 is 0. The zero-order valence-electron chi connectivity index (χ0n) is 32.1. The molecule has 0 unspecified atom stereocenters. The third kappa shape index (κ3) is 7.12. The van der Waals surface area contributed by atoms with Gasteiger partial charge >= 0.3 is 0 Å². The molecule has 0 radical (unpaired) electrons. The first-order valence-electron chi connectivity index (χ1n) is 18.1. The lowest BCUT2D eigenvalue weighted by molar-refractivity contribution is 0.838. The van der Waals surface area contributed by atoms with Crippen molar-refractivity contribution >= 4 is 27.2 Å². The van der Waals surface area contributed by atoms with Crippen LogP contribution in [0.1, 0.15) is 105 Å². The zero-order valence-corrected chi connectivity index (χ0v) is 34.1. The summed E-state index contributed by atoms with van der Waals surface area (Å²) < 4.78 is 0. The van der Waals surface area contributed by atoms with E-state index in [1.54, 1.807) is 0 Å². The Morgan fingerprint density at radius 3 is 0.938 bits per heavy atom. The van der Waals surface area contributed by atoms with Crippen LogP contribution in [0.25, 0.3) is 33.5 Å². The highest BCUT2D eigenvalue weighted by molar-refractivity contribution is 6.91. The number of aryl methyl sites for hydroxylation is 2. The van der Waals surface area contributed by atoms with Crippen LogP contribution in [0.3, 0.4) is 0 Å². The van der Waals surface area contributed by atoms with Crippen LogP contribution < -0.4 is 0 Å². The van der Waals surface area contributed by atoms with Gasteiger partial charge in [0.25, 0.3) is 0 Å². The second-order valence-electron chi connectivity index (χ2n) is 15.8. The molecule has 0 aliphatic carbocycles. The number of nitrogens with zero attached hydrogens (tertiary/aromatic N) is 2. The molecule has 4 aromatic rings. The molecule has 0 spiro atoms. The Morgan fingerprint density at radius 1 is 0.417 bits per heavy atom. The lowest BCUT2D eigenvalue weighted by Gasteiger charge is -2.38. The average Bonchev–Trinajstić information content (AvgIpc) is 3.01. The van der Waals surface area contributed by atoms with E-state index in [1.807, 2.05) is 0 Å². The molecule has 0 amide bonds. The van der Waals surface area contributed by atoms with E-state index in [-0.39, 0.29) is 0 Å². The third-order valence-corrected chi connectivity index (χ3v) is 23.6. The van der Waals surface area contributed by atoms with Crippen molar-refractivity contribution in [3.63, 3.8) is 0 Å². The van der Waals surface area contributed by atoms with Crippen molar-refractivity contribution in [3.8, 4) is 45.4 Å². The molecular formula is C44H58N2Si2. The number of aromatic nitrogens is 2. The van der Waals surface area contributed by atoms with Crippen molar-refractivity contribution in [2.75, 3.05) is 0 Å². The largest absolute Gasteiger partial charge is 0.242 e. The van der Waals surface area contributed by atoms with Gasteiger partial charge in [0, 0.05) is 11.1 Å². The molecule has 4 rings (SSSR count). The van der Waals surface area contributed by atoms with Gasteiger partial charge in [-0.25, -0.2) is 9.97 Å². The first kappa shape index (κ1) is 37.4. The molecule has 0 N–H and O–H groups in total. The number of hydrogen-bond acceptors (Lipinski definition) is 2. The van der Waals surface area contributed by atoms with E-state index in [9.17, 15) is 0 Å². The van der Waals surface area contributed by atoms with Gasteiger partial charge in [0.1, 0.15) is 27.2 Å². The monoisotopic (exact) mass is 670 g/mol. The molecule has 0 bridgehead atoms. The van der Waals surface area contributed by atoms with Crippen LogP contribution in [0.15, 0.2) is 60.7 Å². The molecule has 0 fully saturated rings. The summed E-state index contributed by atoms with van der Waals surface area (Å²) in [5.41, 5.74) is 21.2. The zero-order chi connectivity index (χ0) is 35.6. The summed E-state index contributed by atoms with van der Waals surface area (Å²) in [4.78, 5) is 11.0. The molecule has 3 aromatic carbocycles. The van der Waals surface area contributed by atoms with Crippen molar-refractivity contribution < 1.29 is 0 Å². The van der Waals surface area contributed by atoms with E-state index in [2.05, 4.69) is 181 Å². The van der Waals surface area contributed by atoms with Crippen LogP contribution in [0.5, 0.6) is 0 Å². The summed E-state index contributed by atoms with van der Waals surface area (Å²) in [5, 5.41) is 0. The van der Waals surface area contributed by atoms with Gasteiger partial charge in [-0.05, 0) is 59.2 Å². The van der Waals surface area contributed by atoms with Crippen molar-refractivity contribution in [1.82, 2.24) is 9.97 Å². The quantitative estimate of drug-likeness (QED) is 0.138. The molecule has 0 aliphatic heterocycles. The third-order valence-electron chi connectivity index (χ3n) is 11.0. The minimum absolute atomic E-state index is 0.546. The van der Waals surface area contributed by atoms with Crippen molar-refractivity contribution in [2.24, 2.45) is 0 Å². The first-order chi connectivity index (χ1) is 22.6. The summed E-state index contributed by atoms with van der Waals surface area (Å²) in [5.74, 6) is 7.50. The standard InChI is InChI=1S/C44H58N2Si2/c1-29(2)47(30(3)4,31(5)6)27-25-39-23-24-40(26-28-48(32(7)8,33(9)10)34(11)12)44-43(39)45-41(37-19-15-35(13)16-20-37)42(46-44)38-21-17-36(14)18-22-38/h15-24,29-34H,1-14H3. The molecule has 1 heterocycles. The minimum atomic E-state index is -1.97. The fourth-order valence-electron chi connectivity index (χ4n) is 8.38. The van der Waals surface area contributed by atoms with Crippen LogP contribution in [0, 0.1) is 36.8 Å². The molecule has 0 aliphatic rings. The van der Waals surface area contributed by atoms with E-state index in [4.69, 9.17) is 9.97 Å². The Balaban J connectivity index is 2.16. The molecule has 4 heteroatoms. The second kappa shape index (κ2) is 15.0. The lowest BCUT2D eigenvalue weighted by atomic mass is 10.0. The van der Waals surface area contributed by atoms with Crippen LogP contribution in [-0.4, -0.2) is 26.1 Å². The molecule has 0 atom stereocenters. The number of hydrogen-bond donors (Lipinski definition) is 0. The van der Waals surface area contributed by atoms with Crippen LogP contribution in [0.2, 0.25) is 33.2 Å². The molecule has 0 saturated carbocycles. The normalized spacial score (nSPS) is 12.3.